The van der Waals surface area contributed by atoms with Gasteiger partial charge in [-0.3, -0.25) is 4.79 Å². The molecule has 1 aromatic heterocycles. The lowest BCUT2D eigenvalue weighted by Gasteiger charge is -2.23. The molecule has 0 aliphatic heterocycles. The van der Waals surface area contributed by atoms with Crippen LogP contribution in [0.5, 0.6) is 5.75 Å². The number of carboxylic acids is 1. The Morgan fingerprint density at radius 2 is 1.89 bits per heavy atom. The van der Waals surface area contributed by atoms with Crippen molar-refractivity contribution in [2.24, 2.45) is 0 Å². The van der Waals surface area contributed by atoms with Crippen molar-refractivity contribution in [1.82, 2.24) is 4.57 Å². The van der Waals surface area contributed by atoms with Crippen LogP contribution < -0.4 is 5.56 Å². The molecule has 0 unspecified atom stereocenters. The van der Waals surface area contributed by atoms with Gasteiger partial charge in [-0.15, -0.1) is 0 Å². The minimum atomic E-state index is -1.33. The van der Waals surface area contributed by atoms with Gasteiger partial charge in [0, 0.05) is 17.3 Å². The second-order valence-corrected chi connectivity index (χ2v) is 5.07. The van der Waals surface area contributed by atoms with E-state index in [4.69, 9.17) is 5.11 Å². The van der Waals surface area contributed by atoms with E-state index in [-0.39, 0.29) is 11.8 Å². The van der Waals surface area contributed by atoms with Crippen LogP contribution in [0.25, 0.3) is 0 Å². The van der Waals surface area contributed by atoms with E-state index in [2.05, 4.69) is 0 Å². The van der Waals surface area contributed by atoms with Crippen LogP contribution in [-0.2, 0) is 12.8 Å². The van der Waals surface area contributed by atoms with E-state index in [0.717, 1.165) is 37.8 Å². The lowest BCUT2D eigenvalue weighted by Crippen LogP contribution is -2.31. The first-order valence-corrected chi connectivity index (χ1v) is 6.33. The zero-order valence-corrected chi connectivity index (χ0v) is 9.98. The number of hydrogen-bond acceptors (Lipinski definition) is 3. The van der Waals surface area contributed by atoms with Crippen molar-refractivity contribution in [3.05, 3.63) is 27.2 Å². The standard InChI is InChI=1S/C13H15NO4/c15-11-8-3-1-2-4-9(8)14(7-5-6-7)12(16)10(11)13(17)18/h7,15H,1-6H2,(H,17,18). The molecule has 0 bridgehead atoms. The first-order chi connectivity index (χ1) is 8.61. The number of aromatic nitrogens is 1. The molecule has 2 aliphatic carbocycles. The van der Waals surface area contributed by atoms with Gasteiger partial charge in [0.2, 0.25) is 0 Å². The molecule has 1 saturated carbocycles. The molecule has 2 aliphatic rings. The van der Waals surface area contributed by atoms with Crippen LogP contribution in [0.1, 0.15) is 53.3 Å². The summed E-state index contributed by atoms with van der Waals surface area (Å²) in [5, 5.41) is 19.1. The summed E-state index contributed by atoms with van der Waals surface area (Å²) >= 11 is 0. The van der Waals surface area contributed by atoms with Crippen LogP contribution in [0.15, 0.2) is 4.79 Å². The average Bonchev–Trinajstić information content (AvgIpc) is 3.13. The van der Waals surface area contributed by atoms with Crippen molar-refractivity contribution in [2.45, 2.75) is 44.6 Å². The number of carbonyl (C=O) groups is 1. The Morgan fingerprint density at radius 3 is 2.50 bits per heavy atom. The van der Waals surface area contributed by atoms with Gasteiger partial charge in [-0.05, 0) is 38.5 Å². The minimum Gasteiger partial charge on any atom is -0.506 e. The van der Waals surface area contributed by atoms with Gasteiger partial charge in [0.15, 0.2) is 5.56 Å². The van der Waals surface area contributed by atoms with Gasteiger partial charge in [-0.1, -0.05) is 0 Å². The Bertz CT molecular complexity index is 584. The highest BCUT2D eigenvalue weighted by Crippen LogP contribution is 2.39. The van der Waals surface area contributed by atoms with Gasteiger partial charge in [0.25, 0.3) is 5.56 Å². The van der Waals surface area contributed by atoms with Crippen LogP contribution in [0.4, 0.5) is 0 Å². The summed E-state index contributed by atoms with van der Waals surface area (Å²) in [4.78, 5) is 23.4. The zero-order valence-electron chi connectivity index (χ0n) is 9.98. The van der Waals surface area contributed by atoms with Gasteiger partial charge in [0.1, 0.15) is 5.75 Å². The first-order valence-electron chi connectivity index (χ1n) is 6.33. The summed E-state index contributed by atoms with van der Waals surface area (Å²) in [7, 11) is 0. The molecule has 1 heterocycles. The van der Waals surface area contributed by atoms with Crippen molar-refractivity contribution in [1.29, 1.82) is 0 Å². The number of aromatic carboxylic acids is 1. The molecule has 5 nitrogen and oxygen atoms in total. The molecule has 0 radical (unpaired) electrons. The van der Waals surface area contributed by atoms with Crippen molar-refractivity contribution < 1.29 is 15.0 Å². The molecule has 0 atom stereocenters. The van der Waals surface area contributed by atoms with Gasteiger partial charge in [-0.2, -0.15) is 0 Å². The molecule has 3 rings (SSSR count). The Morgan fingerprint density at radius 1 is 1.22 bits per heavy atom. The summed E-state index contributed by atoms with van der Waals surface area (Å²) < 4.78 is 1.62. The SMILES string of the molecule is O=C(O)c1c(O)c2c(n(C3CC3)c1=O)CCCC2. The smallest absolute Gasteiger partial charge is 0.345 e. The van der Waals surface area contributed by atoms with Crippen molar-refractivity contribution >= 4 is 5.97 Å². The van der Waals surface area contributed by atoms with E-state index in [1.807, 2.05) is 0 Å². The van der Waals surface area contributed by atoms with Crippen LogP contribution >= 0.6 is 0 Å². The molecule has 2 N–H and O–H groups in total. The molecule has 0 aromatic carbocycles. The van der Waals surface area contributed by atoms with Crippen LogP contribution in [0.2, 0.25) is 0 Å². The second kappa shape index (κ2) is 3.86. The third kappa shape index (κ3) is 1.54. The number of rotatable bonds is 2. The number of aromatic hydroxyl groups is 1. The zero-order chi connectivity index (χ0) is 12.9. The lowest BCUT2D eigenvalue weighted by molar-refractivity contribution is 0.0690. The molecular weight excluding hydrogens is 234 g/mol. The molecule has 0 amide bonds. The van der Waals surface area contributed by atoms with Crippen molar-refractivity contribution in [3.8, 4) is 5.75 Å². The predicted octanol–water partition coefficient (Wildman–Crippen LogP) is 1.47. The number of pyridine rings is 1. The monoisotopic (exact) mass is 249 g/mol. The van der Waals surface area contributed by atoms with E-state index < -0.39 is 17.1 Å². The van der Waals surface area contributed by atoms with Crippen LogP contribution in [0, 0.1) is 0 Å². The fourth-order valence-corrected chi connectivity index (χ4v) is 2.82. The highest BCUT2D eigenvalue weighted by Gasteiger charge is 2.33. The highest BCUT2D eigenvalue weighted by molar-refractivity contribution is 5.91. The van der Waals surface area contributed by atoms with E-state index in [1.54, 1.807) is 4.57 Å². The van der Waals surface area contributed by atoms with Crippen LogP contribution in [0.3, 0.4) is 0 Å². The Labute approximate surface area is 104 Å². The Kier molecular flexibility index (Phi) is 2.43. The molecule has 0 saturated heterocycles. The largest absolute Gasteiger partial charge is 0.506 e. The summed E-state index contributed by atoms with van der Waals surface area (Å²) in [5.41, 5.74) is 0.534. The fraction of sp³-hybridized carbons (Fsp3) is 0.538. The molecule has 5 heteroatoms. The molecular formula is C13H15NO4. The van der Waals surface area contributed by atoms with E-state index in [9.17, 15) is 14.7 Å². The number of nitrogens with zero attached hydrogens (tertiary/aromatic N) is 1. The molecule has 1 aromatic rings. The minimum absolute atomic E-state index is 0.142. The maximum atomic E-state index is 12.2. The Balaban J connectivity index is 2.33. The number of fused-ring (bicyclic) bond motifs is 1. The quantitative estimate of drug-likeness (QED) is 0.831. The van der Waals surface area contributed by atoms with E-state index >= 15 is 0 Å². The predicted molar refractivity (Wildman–Crippen MR) is 64.2 cm³/mol. The maximum Gasteiger partial charge on any atom is 0.345 e. The Hall–Kier alpha value is -1.78. The van der Waals surface area contributed by atoms with E-state index in [1.165, 1.54) is 0 Å². The third-order valence-electron chi connectivity index (χ3n) is 3.81. The van der Waals surface area contributed by atoms with Gasteiger partial charge in [-0.25, -0.2) is 4.79 Å². The summed E-state index contributed by atoms with van der Waals surface area (Å²) in [6.07, 6.45) is 5.20. The maximum absolute atomic E-state index is 12.2. The number of hydrogen-bond donors (Lipinski definition) is 2. The van der Waals surface area contributed by atoms with Crippen molar-refractivity contribution in [3.63, 3.8) is 0 Å². The second-order valence-electron chi connectivity index (χ2n) is 5.07. The van der Waals surface area contributed by atoms with Crippen molar-refractivity contribution in [2.75, 3.05) is 0 Å². The molecule has 1 fully saturated rings. The van der Waals surface area contributed by atoms with Crippen LogP contribution in [-0.4, -0.2) is 20.7 Å². The summed E-state index contributed by atoms with van der Waals surface area (Å²) in [6, 6.07) is 0.142. The van der Waals surface area contributed by atoms with Gasteiger partial charge in [0.05, 0.1) is 0 Å². The topological polar surface area (TPSA) is 79.5 Å². The first kappa shape index (κ1) is 11.3. The fourth-order valence-electron chi connectivity index (χ4n) is 2.82. The van der Waals surface area contributed by atoms with Gasteiger partial charge >= 0.3 is 5.97 Å². The van der Waals surface area contributed by atoms with E-state index in [0.29, 0.717) is 12.0 Å². The number of carboxylic acid groups (broad SMARTS) is 1. The third-order valence-corrected chi connectivity index (χ3v) is 3.81. The molecule has 0 spiro atoms. The molecule has 18 heavy (non-hydrogen) atoms. The summed E-state index contributed by atoms with van der Waals surface area (Å²) in [6.45, 7) is 0. The summed E-state index contributed by atoms with van der Waals surface area (Å²) in [5.74, 6) is -1.64. The average molecular weight is 249 g/mol. The highest BCUT2D eigenvalue weighted by atomic mass is 16.4. The normalized spacial score (nSPS) is 18.4. The molecule has 96 valence electrons. The lowest BCUT2D eigenvalue weighted by atomic mass is 9.93. The van der Waals surface area contributed by atoms with Gasteiger partial charge < -0.3 is 14.8 Å².